The molecule has 24 heavy (non-hydrogen) atoms. The van der Waals surface area contributed by atoms with Crippen molar-refractivity contribution in [1.82, 2.24) is 5.43 Å². The molecule has 4 rings (SSSR count). The van der Waals surface area contributed by atoms with Gasteiger partial charge in [0.1, 0.15) is 5.82 Å². The van der Waals surface area contributed by atoms with Crippen molar-refractivity contribution in [3.8, 4) is 10.4 Å². The fourth-order valence-corrected chi connectivity index (χ4v) is 4.07. The first-order valence-electron chi connectivity index (χ1n) is 7.73. The molecule has 1 amide bonds. The number of nitrogens with one attached hydrogen (secondary N) is 2. The van der Waals surface area contributed by atoms with E-state index < -0.39 is 0 Å². The third-order valence-corrected chi connectivity index (χ3v) is 5.33. The predicted octanol–water partition coefficient (Wildman–Crippen LogP) is 4.41. The molecule has 5 heteroatoms. The number of carbonyl (C=O) groups excluding carboxylic acids is 1. The second-order valence-electron chi connectivity index (χ2n) is 5.71. The number of hydrogen-bond acceptors (Lipinski definition) is 3. The Morgan fingerprint density at radius 3 is 2.58 bits per heavy atom. The largest absolute Gasteiger partial charge is 0.298 e. The van der Waals surface area contributed by atoms with Gasteiger partial charge in [-0.1, -0.05) is 24.3 Å². The zero-order chi connectivity index (χ0) is 16.5. The zero-order valence-electron chi connectivity index (χ0n) is 12.8. The lowest BCUT2D eigenvalue weighted by Crippen LogP contribution is -2.28. The Kier molecular flexibility index (Phi) is 3.78. The van der Waals surface area contributed by atoms with Crippen molar-refractivity contribution < 1.29 is 9.18 Å². The lowest BCUT2D eigenvalue weighted by atomic mass is 9.91. The molecule has 0 saturated carbocycles. The van der Waals surface area contributed by atoms with Gasteiger partial charge in [-0.25, -0.2) is 4.39 Å². The maximum atomic E-state index is 12.9. The van der Waals surface area contributed by atoms with Crippen molar-refractivity contribution in [2.45, 2.75) is 12.8 Å². The minimum atomic E-state index is -0.309. The maximum Gasteiger partial charge on any atom is 0.279 e. The van der Waals surface area contributed by atoms with Crippen molar-refractivity contribution in [2.24, 2.45) is 0 Å². The summed E-state index contributed by atoms with van der Waals surface area (Å²) in [5, 5.41) is 0. The first kappa shape index (κ1) is 14.9. The SMILES string of the molecule is O=C(NNc1ccc(F)cc1)c1cc2c(s1)-c1ccccc1CC2. The molecule has 1 aliphatic rings. The third-order valence-electron chi connectivity index (χ3n) is 4.12. The van der Waals surface area contributed by atoms with Crippen LogP contribution in [-0.4, -0.2) is 5.91 Å². The van der Waals surface area contributed by atoms with E-state index in [4.69, 9.17) is 0 Å². The molecule has 0 spiro atoms. The second kappa shape index (κ2) is 6.09. The fraction of sp³-hybridized carbons (Fsp3) is 0.105. The van der Waals surface area contributed by atoms with Crippen molar-refractivity contribution in [2.75, 3.05) is 5.43 Å². The Morgan fingerprint density at radius 2 is 1.75 bits per heavy atom. The summed E-state index contributed by atoms with van der Waals surface area (Å²) >= 11 is 1.51. The molecule has 2 aromatic carbocycles. The van der Waals surface area contributed by atoms with Crippen LogP contribution in [0.2, 0.25) is 0 Å². The van der Waals surface area contributed by atoms with Crippen LogP contribution in [0.4, 0.5) is 10.1 Å². The molecule has 3 nitrogen and oxygen atoms in total. The summed E-state index contributed by atoms with van der Waals surface area (Å²) in [6, 6.07) is 16.1. The van der Waals surface area contributed by atoms with Gasteiger partial charge in [0.2, 0.25) is 0 Å². The minimum absolute atomic E-state index is 0.184. The van der Waals surface area contributed by atoms with Gasteiger partial charge in [0.25, 0.3) is 5.91 Å². The van der Waals surface area contributed by atoms with Gasteiger partial charge in [-0.2, -0.15) is 0 Å². The Labute approximate surface area is 143 Å². The van der Waals surface area contributed by atoms with Crippen LogP contribution in [0.25, 0.3) is 10.4 Å². The van der Waals surface area contributed by atoms with Crippen molar-refractivity contribution >= 4 is 22.9 Å². The maximum absolute atomic E-state index is 12.9. The van der Waals surface area contributed by atoms with Crippen LogP contribution in [0.1, 0.15) is 20.8 Å². The normalized spacial score (nSPS) is 12.2. The van der Waals surface area contributed by atoms with Crippen LogP contribution in [0.15, 0.2) is 54.6 Å². The summed E-state index contributed by atoms with van der Waals surface area (Å²) in [6.07, 6.45) is 1.97. The number of fused-ring (bicyclic) bond motifs is 3. The van der Waals surface area contributed by atoms with E-state index in [9.17, 15) is 9.18 Å². The molecule has 0 unspecified atom stereocenters. The number of amides is 1. The average Bonchev–Trinajstić information content (AvgIpc) is 3.06. The van der Waals surface area contributed by atoms with Crippen LogP contribution in [0.5, 0.6) is 0 Å². The van der Waals surface area contributed by atoms with Gasteiger partial charge in [-0.05, 0) is 59.9 Å². The molecule has 0 atom stereocenters. The average molecular weight is 338 g/mol. The minimum Gasteiger partial charge on any atom is -0.298 e. The highest BCUT2D eigenvalue weighted by Crippen LogP contribution is 2.39. The summed E-state index contributed by atoms with van der Waals surface area (Å²) in [4.78, 5) is 14.2. The highest BCUT2D eigenvalue weighted by atomic mass is 32.1. The van der Waals surface area contributed by atoms with E-state index in [0.717, 1.165) is 12.8 Å². The van der Waals surface area contributed by atoms with Crippen LogP contribution >= 0.6 is 11.3 Å². The summed E-state index contributed by atoms with van der Waals surface area (Å²) in [6.45, 7) is 0. The standard InChI is InChI=1S/C19H15FN2OS/c20-14-7-9-15(10-8-14)21-22-19(23)17-11-13-6-5-12-3-1-2-4-16(12)18(13)24-17/h1-4,7-11,21H,5-6H2,(H,22,23). The molecule has 3 aromatic rings. The van der Waals surface area contributed by atoms with Crippen molar-refractivity contribution in [3.05, 3.63) is 76.4 Å². The van der Waals surface area contributed by atoms with Crippen LogP contribution < -0.4 is 10.9 Å². The van der Waals surface area contributed by atoms with Gasteiger partial charge < -0.3 is 0 Å². The topological polar surface area (TPSA) is 41.1 Å². The van der Waals surface area contributed by atoms with Gasteiger partial charge in [-0.15, -0.1) is 11.3 Å². The number of benzene rings is 2. The third kappa shape index (κ3) is 2.78. The summed E-state index contributed by atoms with van der Waals surface area (Å²) in [7, 11) is 0. The summed E-state index contributed by atoms with van der Waals surface area (Å²) in [5.41, 5.74) is 9.91. The number of carbonyl (C=O) groups is 1. The van der Waals surface area contributed by atoms with Gasteiger partial charge in [0, 0.05) is 4.88 Å². The van der Waals surface area contributed by atoms with Gasteiger partial charge in [0.05, 0.1) is 10.6 Å². The molecule has 0 aliphatic heterocycles. The van der Waals surface area contributed by atoms with Gasteiger partial charge in [-0.3, -0.25) is 15.6 Å². The van der Waals surface area contributed by atoms with Crippen molar-refractivity contribution in [1.29, 1.82) is 0 Å². The summed E-state index contributed by atoms with van der Waals surface area (Å²) in [5.74, 6) is -0.493. The Balaban J connectivity index is 1.52. The highest BCUT2D eigenvalue weighted by Gasteiger charge is 2.21. The fourth-order valence-electron chi connectivity index (χ4n) is 2.91. The molecule has 1 aromatic heterocycles. The van der Waals surface area contributed by atoms with Crippen LogP contribution in [0, 0.1) is 5.82 Å². The number of halogens is 1. The highest BCUT2D eigenvalue weighted by molar-refractivity contribution is 7.17. The van der Waals surface area contributed by atoms with Crippen molar-refractivity contribution in [3.63, 3.8) is 0 Å². The van der Waals surface area contributed by atoms with Crippen LogP contribution in [0.3, 0.4) is 0 Å². The summed E-state index contributed by atoms with van der Waals surface area (Å²) < 4.78 is 12.9. The number of hydrogen-bond donors (Lipinski definition) is 2. The molecular formula is C19H15FN2OS. The molecule has 1 aliphatic carbocycles. The molecule has 2 N–H and O–H groups in total. The number of thiophene rings is 1. The lowest BCUT2D eigenvalue weighted by molar-refractivity contribution is 0.0966. The van der Waals surface area contributed by atoms with E-state index in [-0.39, 0.29) is 11.7 Å². The molecular weight excluding hydrogens is 323 g/mol. The molecule has 120 valence electrons. The Hall–Kier alpha value is -2.66. The molecule has 0 bridgehead atoms. The molecule has 0 fully saturated rings. The monoisotopic (exact) mass is 338 g/mol. The van der Waals surface area contributed by atoms with E-state index in [1.54, 1.807) is 12.1 Å². The smallest absolute Gasteiger partial charge is 0.279 e. The lowest BCUT2D eigenvalue weighted by Gasteiger charge is -2.15. The Bertz CT molecular complexity index is 902. The first-order chi connectivity index (χ1) is 11.7. The van der Waals surface area contributed by atoms with Gasteiger partial charge in [0.15, 0.2) is 0 Å². The zero-order valence-corrected chi connectivity index (χ0v) is 13.6. The predicted molar refractivity (Wildman–Crippen MR) is 94.7 cm³/mol. The second-order valence-corrected chi connectivity index (χ2v) is 6.76. The molecule has 1 heterocycles. The number of anilines is 1. The number of aryl methyl sites for hydroxylation is 2. The number of hydrazine groups is 1. The van der Waals surface area contributed by atoms with E-state index in [1.807, 2.05) is 12.1 Å². The van der Waals surface area contributed by atoms with Crippen LogP contribution in [-0.2, 0) is 12.8 Å². The quantitative estimate of drug-likeness (QED) is 0.695. The Morgan fingerprint density at radius 1 is 1.00 bits per heavy atom. The van der Waals surface area contributed by atoms with E-state index in [1.165, 1.54) is 45.0 Å². The van der Waals surface area contributed by atoms with E-state index >= 15 is 0 Å². The number of rotatable bonds is 3. The molecule has 0 saturated heterocycles. The van der Waals surface area contributed by atoms with Gasteiger partial charge >= 0.3 is 0 Å². The van der Waals surface area contributed by atoms with E-state index in [2.05, 4.69) is 29.1 Å². The first-order valence-corrected chi connectivity index (χ1v) is 8.55. The molecule has 0 radical (unpaired) electrons. The van der Waals surface area contributed by atoms with E-state index in [0.29, 0.717) is 10.6 Å².